The van der Waals surface area contributed by atoms with Crippen molar-refractivity contribution in [1.29, 1.82) is 0 Å². The molecule has 0 aromatic heterocycles. The van der Waals surface area contributed by atoms with Gasteiger partial charge in [0, 0.05) is 0 Å². The summed E-state index contributed by atoms with van der Waals surface area (Å²) in [7, 11) is 0. The minimum absolute atomic E-state index is 0.0374. The average Bonchev–Trinajstić information content (AvgIpc) is 2.66. The normalized spacial score (nSPS) is 13.3. The van der Waals surface area contributed by atoms with E-state index in [0.29, 0.717) is 0 Å². The third-order valence-corrected chi connectivity index (χ3v) is 5.71. The van der Waals surface area contributed by atoms with Gasteiger partial charge in [0.15, 0.2) is 0 Å². The van der Waals surface area contributed by atoms with Gasteiger partial charge in [0.05, 0.1) is 11.1 Å². The smallest absolute Gasteiger partial charge is 0.335 e. The summed E-state index contributed by atoms with van der Waals surface area (Å²) in [5.74, 6) is -1.86. The largest absolute Gasteiger partial charge is 0.478 e. The van der Waals surface area contributed by atoms with Crippen LogP contribution in [0.4, 0.5) is 0 Å². The number of aromatic carboxylic acids is 2. The Labute approximate surface area is 170 Å². The average molecular weight is 391 g/mol. The molecule has 0 fully saturated rings. The van der Waals surface area contributed by atoms with Gasteiger partial charge in [0.2, 0.25) is 0 Å². The van der Waals surface area contributed by atoms with Crippen molar-refractivity contribution >= 4 is 11.9 Å². The number of benzene rings is 1. The number of hydrogen-bond acceptors (Lipinski definition) is 2. The Morgan fingerprint density at radius 1 is 0.714 bits per heavy atom. The predicted octanol–water partition coefficient (Wildman–Crippen LogP) is 7.23. The highest BCUT2D eigenvalue weighted by atomic mass is 16.4. The van der Waals surface area contributed by atoms with E-state index in [0.717, 1.165) is 62.5 Å². The van der Waals surface area contributed by atoms with E-state index in [1.54, 1.807) is 0 Å². The summed E-state index contributed by atoms with van der Waals surface area (Å²) >= 11 is 0. The minimum atomic E-state index is -0.966. The van der Waals surface area contributed by atoms with E-state index in [4.69, 9.17) is 0 Å². The fourth-order valence-electron chi connectivity index (χ4n) is 4.11. The van der Waals surface area contributed by atoms with Crippen molar-refractivity contribution < 1.29 is 19.8 Å². The lowest BCUT2D eigenvalue weighted by molar-refractivity contribution is 0.0678. The minimum Gasteiger partial charge on any atom is -0.478 e. The third-order valence-electron chi connectivity index (χ3n) is 5.71. The molecule has 0 saturated heterocycles. The standard InChI is InChI=1S/C24H38O4/c1-5-7-9-11-13-17(3)21-19(23(25)26)15-16-20(24(27)28)22(21)18(4)14-12-10-8-6-2/h15-18H,5-14H2,1-4H3,(H,25,26)(H,27,28). The van der Waals surface area contributed by atoms with Crippen molar-refractivity contribution in [2.45, 2.75) is 104 Å². The van der Waals surface area contributed by atoms with Crippen LogP contribution in [0.5, 0.6) is 0 Å². The Morgan fingerprint density at radius 3 is 1.36 bits per heavy atom. The summed E-state index contributed by atoms with van der Waals surface area (Å²) in [4.78, 5) is 23.8. The van der Waals surface area contributed by atoms with E-state index < -0.39 is 11.9 Å². The molecule has 0 bridgehead atoms. The monoisotopic (exact) mass is 390 g/mol. The van der Waals surface area contributed by atoms with Crippen LogP contribution in [0.25, 0.3) is 0 Å². The Hall–Kier alpha value is -1.84. The maximum absolute atomic E-state index is 11.9. The van der Waals surface area contributed by atoms with E-state index in [1.807, 2.05) is 13.8 Å². The second-order valence-electron chi connectivity index (χ2n) is 8.10. The van der Waals surface area contributed by atoms with Crippen LogP contribution in [0.15, 0.2) is 12.1 Å². The number of unbranched alkanes of at least 4 members (excludes halogenated alkanes) is 6. The number of hydrogen-bond donors (Lipinski definition) is 2. The molecule has 0 aliphatic rings. The van der Waals surface area contributed by atoms with Gasteiger partial charge in [-0.3, -0.25) is 0 Å². The van der Waals surface area contributed by atoms with Crippen LogP contribution in [0.3, 0.4) is 0 Å². The molecule has 1 rings (SSSR count). The summed E-state index contributed by atoms with van der Waals surface area (Å²) in [6.45, 7) is 8.43. The fourth-order valence-corrected chi connectivity index (χ4v) is 4.11. The first-order chi connectivity index (χ1) is 13.3. The highest BCUT2D eigenvalue weighted by Gasteiger charge is 2.27. The second-order valence-corrected chi connectivity index (χ2v) is 8.10. The quantitative estimate of drug-likeness (QED) is 0.328. The molecule has 158 valence electrons. The zero-order chi connectivity index (χ0) is 21.1. The lowest BCUT2D eigenvalue weighted by Gasteiger charge is -2.25. The van der Waals surface area contributed by atoms with Crippen molar-refractivity contribution in [3.63, 3.8) is 0 Å². The van der Waals surface area contributed by atoms with Gasteiger partial charge < -0.3 is 10.2 Å². The van der Waals surface area contributed by atoms with Crippen molar-refractivity contribution in [2.75, 3.05) is 0 Å². The number of rotatable bonds is 14. The first-order valence-electron chi connectivity index (χ1n) is 11.0. The fraction of sp³-hybridized carbons (Fsp3) is 0.667. The lowest BCUT2D eigenvalue weighted by atomic mass is 9.79. The van der Waals surface area contributed by atoms with Crippen LogP contribution in [-0.4, -0.2) is 22.2 Å². The van der Waals surface area contributed by atoms with Crippen molar-refractivity contribution in [2.24, 2.45) is 0 Å². The van der Waals surface area contributed by atoms with Gasteiger partial charge in [-0.1, -0.05) is 79.1 Å². The van der Waals surface area contributed by atoms with Gasteiger partial charge in [-0.15, -0.1) is 0 Å². The number of carboxylic acids is 2. The maximum atomic E-state index is 11.9. The zero-order valence-electron chi connectivity index (χ0n) is 18.1. The molecule has 4 nitrogen and oxygen atoms in total. The van der Waals surface area contributed by atoms with E-state index in [2.05, 4.69) is 13.8 Å². The Bertz CT molecular complexity index is 581. The molecule has 1 aromatic rings. The predicted molar refractivity (Wildman–Crippen MR) is 115 cm³/mol. The van der Waals surface area contributed by atoms with Crippen molar-refractivity contribution in [3.8, 4) is 0 Å². The third kappa shape index (κ3) is 6.96. The summed E-state index contributed by atoms with van der Waals surface area (Å²) < 4.78 is 0. The van der Waals surface area contributed by atoms with Crippen LogP contribution < -0.4 is 0 Å². The Balaban J connectivity index is 3.27. The van der Waals surface area contributed by atoms with Gasteiger partial charge in [-0.05, 0) is 47.9 Å². The molecule has 2 atom stereocenters. The molecule has 2 N–H and O–H groups in total. The van der Waals surface area contributed by atoms with Crippen molar-refractivity contribution in [3.05, 3.63) is 34.4 Å². The first-order valence-corrected chi connectivity index (χ1v) is 11.0. The summed E-state index contributed by atoms with van der Waals surface area (Å²) in [5, 5.41) is 19.5. The molecule has 4 heteroatoms. The van der Waals surface area contributed by atoms with E-state index in [1.165, 1.54) is 25.0 Å². The summed E-state index contributed by atoms with van der Waals surface area (Å²) in [6.07, 6.45) is 10.8. The van der Waals surface area contributed by atoms with Gasteiger partial charge in [-0.2, -0.15) is 0 Å². The molecule has 2 unspecified atom stereocenters. The van der Waals surface area contributed by atoms with Gasteiger partial charge >= 0.3 is 11.9 Å². The molecule has 0 saturated carbocycles. The Kier molecular flexibility index (Phi) is 10.9. The van der Waals surface area contributed by atoms with Crippen molar-refractivity contribution in [1.82, 2.24) is 0 Å². The number of carboxylic acid groups (broad SMARTS) is 2. The molecular formula is C24H38O4. The molecule has 0 heterocycles. The van der Waals surface area contributed by atoms with E-state index in [9.17, 15) is 19.8 Å². The molecular weight excluding hydrogens is 352 g/mol. The maximum Gasteiger partial charge on any atom is 0.335 e. The Morgan fingerprint density at radius 2 is 1.07 bits per heavy atom. The van der Waals surface area contributed by atoms with Gasteiger partial charge in [0.25, 0.3) is 0 Å². The van der Waals surface area contributed by atoms with Crippen LogP contribution >= 0.6 is 0 Å². The molecule has 0 aliphatic carbocycles. The highest BCUT2D eigenvalue weighted by molar-refractivity contribution is 5.95. The van der Waals surface area contributed by atoms with Gasteiger partial charge in [0.1, 0.15) is 0 Å². The summed E-state index contributed by atoms with van der Waals surface area (Å²) in [6, 6.07) is 2.97. The molecule has 0 spiro atoms. The van der Waals surface area contributed by atoms with Crippen LogP contribution in [0.2, 0.25) is 0 Å². The number of carbonyl (C=O) groups is 2. The van der Waals surface area contributed by atoms with E-state index in [-0.39, 0.29) is 23.0 Å². The first kappa shape index (κ1) is 24.2. The second kappa shape index (κ2) is 12.6. The molecule has 0 amide bonds. The highest BCUT2D eigenvalue weighted by Crippen LogP contribution is 2.37. The SMILES string of the molecule is CCCCCCC(C)c1c(C(=O)O)ccc(C(=O)O)c1C(C)CCCCCC. The molecule has 1 aromatic carbocycles. The molecule has 28 heavy (non-hydrogen) atoms. The lowest BCUT2D eigenvalue weighted by Crippen LogP contribution is -2.16. The molecule has 0 aliphatic heterocycles. The molecule has 0 radical (unpaired) electrons. The van der Waals surface area contributed by atoms with Crippen LogP contribution in [0.1, 0.15) is 136 Å². The topological polar surface area (TPSA) is 74.6 Å². The van der Waals surface area contributed by atoms with E-state index >= 15 is 0 Å². The zero-order valence-corrected chi connectivity index (χ0v) is 18.1. The summed E-state index contributed by atoms with van der Waals surface area (Å²) in [5.41, 5.74) is 2.02. The van der Waals surface area contributed by atoms with Crippen LogP contribution in [-0.2, 0) is 0 Å². The van der Waals surface area contributed by atoms with Gasteiger partial charge in [-0.25, -0.2) is 9.59 Å². The van der Waals surface area contributed by atoms with Crippen LogP contribution in [0, 0.1) is 0 Å².